The first-order valence-corrected chi connectivity index (χ1v) is 6.91. The molecule has 0 radical (unpaired) electrons. The first kappa shape index (κ1) is 15.0. The first-order chi connectivity index (χ1) is 10.4. The lowest BCUT2D eigenvalue weighted by atomic mass is 10.0. The molecule has 1 unspecified atom stereocenters. The Hall–Kier alpha value is -1.93. The predicted molar refractivity (Wildman–Crippen MR) is 72.1 cm³/mol. The smallest absolute Gasteiger partial charge is 0.480 e. The Morgan fingerprint density at radius 3 is 2.59 bits per heavy atom. The summed E-state index contributed by atoms with van der Waals surface area (Å²) < 4.78 is 35.4. The van der Waals surface area contributed by atoms with Gasteiger partial charge in [-0.05, 0) is 13.1 Å². The van der Waals surface area contributed by atoms with Crippen molar-refractivity contribution >= 4 is 5.97 Å². The Labute approximate surface area is 125 Å². The molecule has 120 valence electrons. The van der Waals surface area contributed by atoms with Gasteiger partial charge in [-0.25, -0.2) is 0 Å². The number of rotatable bonds is 3. The minimum absolute atomic E-state index is 0.136. The van der Waals surface area contributed by atoms with Crippen LogP contribution in [-0.4, -0.2) is 60.4 Å². The molecule has 0 spiro atoms. The van der Waals surface area contributed by atoms with E-state index in [9.17, 15) is 18.7 Å². The van der Waals surface area contributed by atoms with Gasteiger partial charge in [0.05, 0.1) is 0 Å². The van der Waals surface area contributed by atoms with Gasteiger partial charge in [0.15, 0.2) is 11.5 Å². The standard InChI is InChI=1S/C14H16F2N2O4/c1-17-5-7-18(8-6-17)11(13(19)20)9-3-2-4-10-12(9)22-14(15,16)21-10/h2-4,11H,5-8H2,1H3,(H,19,20). The number of alkyl halides is 2. The fraction of sp³-hybridized carbons (Fsp3) is 0.500. The third-order valence-corrected chi connectivity index (χ3v) is 3.89. The maximum Gasteiger partial charge on any atom is 0.586 e. The van der Waals surface area contributed by atoms with Crippen LogP contribution < -0.4 is 9.47 Å². The molecule has 2 aliphatic heterocycles. The normalized spacial score (nSPS) is 22.5. The van der Waals surface area contributed by atoms with Crippen LogP contribution in [0, 0.1) is 0 Å². The highest BCUT2D eigenvalue weighted by Crippen LogP contribution is 2.46. The second-order valence-electron chi connectivity index (χ2n) is 5.42. The molecule has 0 saturated carbocycles. The molecule has 0 bridgehead atoms. The Morgan fingerprint density at radius 2 is 1.95 bits per heavy atom. The number of carbonyl (C=O) groups is 1. The summed E-state index contributed by atoms with van der Waals surface area (Å²) in [6, 6.07) is 3.27. The highest BCUT2D eigenvalue weighted by atomic mass is 19.3. The highest BCUT2D eigenvalue weighted by Gasteiger charge is 2.46. The zero-order valence-electron chi connectivity index (χ0n) is 12.0. The number of hydrogen-bond acceptors (Lipinski definition) is 5. The number of carboxylic acid groups (broad SMARTS) is 1. The van der Waals surface area contributed by atoms with E-state index in [1.54, 1.807) is 4.90 Å². The van der Waals surface area contributed by atoms with Gasteiger partial charge in [-0.1, -0.05) is 12.1 Å². The number of nitrogens with zero attached hydrogens (tertiary/aromatic N) is 2. The molecule has 3 rings (SSSR count). The lowest BCUT2D eigenvalue weighted by molar-refractivity contribution is -0.287. The number of aliphatic carboxylic acids is 1. The second-order valence-corrected chi connectivity index (χ2v) is 5.42. The van der Waals surface area contributed by atoms with E-state index in [-0.39, 0.29) is 17.1 Å². The summed E-state index contributed by atoms with van der Waals surface area (Å²) in [4.78, 5) is 15.5. The molecular formula is C14H16F2N2O4. The van der Waals surface area contributed by atoms with Crippen LogP contribution in [0.3, 0.4) is 0 Å². The van der Waals surface area contributed by atoms with Crippen molar-refractivity contribution in [3.8, 4) is 11.5 Å². The van der Waals surface area contributed by atoms with Gasteiger partial charge >= 0.3 is 12.3 Å². The van der Waals surface area contributed by atoms with Gasteiger partial charge in [0.1, 0.15) is 6.04 Å². The predicted octanol–water partition coefficient (Wildman–Crippen LogP) is 1.38. The van der Waals surface area contributed by atoms with Crippen molar-refractivity contribution in [1.29, 1.82) is 0 Å². The quantitative estimate of drug-likeness (QED) is 0.909. The van der Waals surface area contributed by atoms with Gasteiger partial charge in [-0.15, -0.1) is 8.78 Å². The maximum atomic E-state index is 13.3. The average molecular weight is 314 g/mol. The van der Waals surface area contributed by atoms with Crippen LogP contribution in [0.25, 0.3) is 0 Å². The molecule has 1 atom stereocenters. The summed E-state index contributed by atoms with van der Waals surface area (Å²) >= 11 is 0. The summed E-state index contributed by atoms with van der Waals surface area (Å²) in [6.07, 6.45) is -3.76. The summed E-state index contributed by atoms with van der Waals surface area (Å²) in [6.45, 7) is 2.50. The van der Waals surface area contributed by atoms with Gasteiger partial charge in [0.2, 0.25) is 0 Å². The number of para-hydroxylation sites is 1. The Kier molecular flexibility index (Phi) is 3.65. The number of ether oxygens (including phenoxy) is 2. The minimum Gasteiger partial charge on any atom is -0.480 e. The van der Waals surface area contributed by atoms with E-state index in [0.29, 0.717) is 26.2 Å². The van der Waals surface area contributed by atoms with E-state index in [4.69, 9.17) is 0 Å². The first-order valence-electron chi connectivity index (χ1n) is 6.91. The maximum absolute atomic E-state index is 13.3. The summed E-state index contributed by atoms with van der Waals surface area (Å²) in [5.41, 5.74) is 0.187. The molecule has 0 aliphatic carbocycles. The van der Waals surface area contributed by atoms with Crippen molar-refractivity contribution in [2.45, 2.75) is 12.3 Å². The molecule has 1 saturated heterocycles. The summed E-state index contributed by atoms with van der Waals surface area (Å²) in [7, 11) is 1.95. The number of hydrogen-bond donors (Lipinski definition) is 1. The van der Waals surface area contributed by atoms with E-state index in [2.05, 4.69) is 14.4 Å². The molecular weight excluding hydrogens is 298 g/mol. The van der Waals surface area contributed by atoms with Crippen molar-refractivity contribution in [2.75, 3.05) is 33.2 Å². The van der Waals surface area contributed by atoms with Crippen molar-refractivity contribution in [3.63, 3.8) is 0 Å². The van der Waals surface area contributed by atoms with E-state index < -0.39 is 18.3 Å². The third-order valence-electron chi connectivity index (χ3n) is 3.89. The van der Waals surface area contributed by atoms with Crippen LogP contribution in [-0.2, 0) is 4.79 Å². The summed E-state index contributed by atoms with van der Waals surface area (Å²) in [5.74, 6) is -1.43. The van der Waals surface area contributed by atoms with Crippen LogP contribution >= 0.6 is 0 Å². The van der Waals surface area contributed by atoms with Crippen LogP contribution in [0.5, 0.6) is 11.5 Å². The molecule has 6 nitrogen and oxygen atoms in total. The van der Waals surface area contributed by atoms with Crippen molar-refractivity contribution in [1.82, 2.24) is 9.80 Å². The molecule has 0 amide bonds. The lowest BCUT2D eigenvalue weighted by Crippen LogP contribution is -2.47. The molecule has 2 heterocycles. The number of carboxylic acids is 1. The van der Waals surface area contributed by atoms with Gasteiger partial charge in [0.25, 0.3) is 0 Å². The van der Waals surface area contributed by atoms with Gasteiger partial charge in [-0.2, -0.15) is 0 Å². The molecule has 22 heavy (non-hydrogen) atoms. The van der Waals surface area contributed by atoms with E-state index in [1.165, 1.54) is 18.2 Å². The topological polar surface area (TPSA) is 62.2 Å². The Bertz CT molecular complexity index is 588. The molecule has 1 aromatic rings. The molecule has 0 aromatic heterocycles. The van der Waals surface area contributed by atoms with Gasteiger partial charge in [-0.3, -0.25) is 9.69 Å². The minimum atomic E-state index is -3.76. The van der Waals surface area contributed by atoms with Gasteiger partial charge < -0.3 is 19.5 Å². The van der Waals surface area contributed by atoms with Crippen LogP contribution in [0.2, 0.25) is 0 Å². The van der Waals surface area contributed by atoms with Crippen LogP contribution in [0.15, 0.2) is 18.2 Å². The Morgan fingerprint density at radius 1 is 1.27 bits per heavy atom. The number of fused-ring (bicyclic) bond motifs is 1. The number of likely N-dealkylation sites (N-methyl/N-ethyl adjacent to an activating group) is 1. The molecule has 1 aromatic carbocycles. The van der Waals surface area contributed by atoms with Crippen molar-refractivity contribution in [3.05, 3.63) is 23.8 Å². The van der Waals surface area contributed by atoms with Gasteiger partial charge in [0, 0.05) is 31.7 Å². The van der Waals surface area contributed by atoms with Crippen molar-refractivity contribution < 1.29 is 28.2 Å². The average Bonchev–Trinajstić information content (AvgIpc) is 2.75. The number of halogens is 2. The largest absolute Gasteiger partial charge is 0.586 e. The zero-order valence-corrected chi connectivity index (χ0v) is 12.0. The zero-order chi connectivity index (χ0) is 15.9. The van der Waals surface area contributed by atoms with Crippen molar-refractivity contribution in [2.24, 2.45) is 0 Å². The highest BCUT2D eigenvalue weighted by molar-refractivity contribution is 5.77. The number of piperazine rings is 1. The SMILES string of the molecule is CN1CCN(C(C(=O)O)c2cccc3c2OC(F)(F)O3)CC1. The third kappa shape index (κ3) is 2.71. The van der Waals surface area contributed by atoms with Crippen LogP contribution in [0.1, 0.15) is 11.6 Å². The van der Waals surface area contributed by atoms with E-state index in [1.807, 2.05) is 7.05 Å². The fourth-order valence-electron chi connectivity index (χ4n) is 2.77. The fourth-order valence-corrected chi connectivity index (χ4v) is 2.77. The second kappa shape index (κ2) is 5.36. The Balaban J connectivity index is 1.94. The van der Waals surface area contributed by atoms with E-state index >= 15 is 0 Å². The monoisotopic (exact) mass is 314 g/mol. The van der Waals surface area contributed by atoms with E-state index in [0.717, 1.165) is 0 Å². The summed E-state index contributed by atoms with van der Waals surface area (Å²) in [5, 5.41) is 9.57. The lowest BCUT2D eigenvalue weighted by Gasteiger charge is -2.36. The molecule has 2 aliphatic rings. The van der Waals surface area contributed by atoms with Crippen LogP contribution in [0.4, 0.5) is 8.78 Å². The molecule has 1 fully saturated rings. The molecule has 8 heteroatoms. The molecule has 1 N–H and O–H groups in total. The number of benzene rings is 1.